The lowest BCUT2D eigenvalue weighted by Crippen LogP contribution is -2.04. The Morgan fingerprint density at radius 3 is 2.42 bits per heavy atom. The van der Waals surface area contributed by atoms with Gasteiger partial charge in [0.2, 0.25) is 0 Å². The van der Waals surface area contributed by atoms with Crippen molar-refractivity contribution in [3.63, 3.8) is 0 Å². The third-order valence-electron chi connectivity index (χ3n) is 2.45. The van der Waals surface area contributed by atoms with Crippen LogP contribution in [0.4, 0.5) is 0 Å². The highest BCUT2D eigenvalue weighted by atomic mass is 16.5. The molecule has 2 nitrogen and oxygen atoms in total. The van der Waals surface area contributed by atoms with E-state index in [2.05, 4.69) is 31.6 Å². The average molecular weight is 168 g/mol. The molecule has 0 heterocycles. The monoisotopic (exact) mass is 168 g/mol. The van der Waals surface area contributed by atoms with Crippen LogP contribution < -0.4 is 0 Å². The minimum absolute atomic E-state index is 0.0648. The van der Waals surface area contributed by atoms with Crippen molar-refractivity contribution in [1.82, 2.24) is 0 Å². The largest absolute Gasteiger partial charge is 0.469 e. The van der Waals surface area contributed by atoms with Gasteiger partial charge >= 0.3 is 5.97 Å². The van der Waals surface area contributed by atoms with Crippen molar-refractivity contribution in [3.05, 3.63) is 11.6 Å². The summed E-state index contributed by atoms with van der Waals surface area (Å²) in [6, 6.07) is 0. The third-order valence-corrected chi connectivity index (χ3v) is 2.45. The fourth-order valence-corrected chi connectivity index (χ4v) is 1.64. The van der Waals surface area contributed by atoms with E-state index in [0.717, 1.165) is 0 Å². The lowest BCUT2D eigenvalue weighted by atomic mass is 10.2. The Hall–Kier alpha value is -0.790. The van der Waals surface area contributed by atoms with E-state index in [1.54, 1.807) is 0 Å². The molecule has 0 aromatic rings. The number of ether oxygens (including phenoxy) is 1. The molecule has 1 unspecified atom stereocenters. The van der Waals surface area contributed by atoms with Gasteiger partial charge in [-0.05, 0) is 25.7 Å². The second-order valence-electron chi connectivity index (χ2n) is 3.73. The van der Waals surface area contributed by atoms with Crippen molar-refractivity contribution in [3.8, 4) is 0 Å². The Morgan fingerprint density at radius 1 is 1.42 bits per heavy atom. The van der Waals surface area contributed by atoms with Crippen LogP contribution in [0.15, 0.2) is 11.6 Å². The summed E-state index contributed by atoms with van der Waals surface area (Å²) in [5.41, 5.74) is 1.28. The maximum atomic E-state index is 11.1. The second-order valence-corrected chi connectivity index (χ2v) is 3.73. The maximum absolute atomic E-state index is 11.1. The van der Waals surface area contributed by atoms with Gasteiger partial charge in [-0.15, -0.1) is 0 Å². The highest BCUT2D eigenvalue weighted by Crippen LogP contribution is 2.48. The molecule has 3 atom stereocenters. The fourth-order valence-electron chi connectivity index (χ4n) is 1.64. The molecule has 1 fully saturated rings. The van der Waals surface area contributed by atoms with Crippen LogP contribution in [0.5, 0.6) is 0 Å². The van der Waals surface area contributed by atoms with Gasteiger partial charge in [-0.3, -0.25) is 4.79 Å². The molecule has 68 valence electrons. The van der Waals surface area contributed by atoms with Crippen LogP contribution in [0, 0.1) is 17.8 Å². The Balaban J connectivity index is 2.54. The van der Waals surface area contributed by atoms with Crippen LogP contribution in [0.25, 0.3) is 0 Å². The average Bonchev–Trinajstić information content (AvgIpc) is 2.59. The van der Waals surface area contributed by atoms with E-state index < -0.39 is 0 Å². The third kappa shape index (κ3) is 1.68. The predicted molar refractivity (Wildman–Crippen MR) is 47.6 cm³/mol. The molecule has 0 spiro atoms. The topological polar surface area (TPSA) is 26.3 Å². The van der Waals surface area contributed by atoms with Gasteiger partial charge in [-0.2, -0.15) is 0 Å². The molecule has 12 heavy (non-hydrogen) atoms. The normalized spacial score (nSPS) is 32.5. The molecular formula is C10H16O2. The molecule has 0 N–H and O–H groups in total. The predicted octanol–water partition coefficient (Wildman–Crippen LogP) is 2.01. The zero-order valence-electron chi connectivity index (χ0n) is 8.13. The summed E-state index contributed by atoms with van der Waals surface area (Å²) < 4.78 is 4.69. The van der Waals surface area contributed by atoms with Crippen LogP contribution >= 0.6 is 0 Å². The van der Waals surface area contributed by atoms with Crippen LogP contribution in [0.3, 0.4) is 0 Å². The van der Waals surface area contributed by atoms with E-state index in [-0.39, 0.29) is 11.9 Å². The van der Waals surface area contributed by atoms with Crippen molar-refractivity contribution in [2.45, 2.75) is 20.8 Å². The van der Waals surface area contributed by atoms with Crippen LogP contribution in [0.2, 0.25) is 0 Å². The first-order valence-corrected chi connectivity index (χ1v) is 4.30. The first-order valence-electron chi connectivity index (χ1n) is 4.30. The number of hydrogen-bond donors (Lipinski definition) is 0. The van der Waals surface area contributed by atoms with E-state index in [1.807, 2.05) is 0 Å². The summed E-state index contributed by atoms with van der Waals surface area (Å²) in [5.74, 6) is 0.935. The Morgan fingerprint density at radius 2 is 2.00 bits per heavy atom. The molecular weight excluding hydrogens is 152 g/mol. The molecule has 0 aromatic heterocycles. The van der Waals surface area contributed by atoms with Crippen molar-refractivity contribution in [1.29, 1.82) is 0 Å². The van der Waals surface area contributed by atoms with E-state index >= 15 is 0 Å². The maximum Gasteiger partial charge on any atom is 0.309 e. The first kappa shape index (κ1) is 9.30. The van der Waals surface area contributed by atoms with Gasteiger partial charge in [0, 0.05) is 0 Å². The number of hydrogen-bond acceptors (Lipinski definition) is 2. The van der Waals surface area contributed by atoms with Gasteiger partial charge in [-0.1, -0.05) is 18.6 Å². The van der Waals surface area contributed by atoms with Gasteiger partial charge in [0.15, 0.2) is 0 Å². The molecule has 1 rings (SSSR count). The molecule has 1 aliphatic carbocycles. The van der Waals surface area contributed by atoms with Crippen LogP contribution in [-0.2, 0) is 9.53 Å². The van der Waals surface area contributed by atoms with Gasteiger partial charge < -0.3 is 4.74 Å². The summed E-state index contributed by atoms with van der Waals surface area (Å²) in [4.78, 5) is 11.1. The van der Waals surface area contributed by atoms with E-state index in [4.69, 9.17) is 0 Å². The van der Waals surface area contributed by atoms with Crippen molar-refractivity contribution in [2.75, 3.05) is 7.11 Å². The molecule has 1 saturated carbocycles. The Bertz CT molecular complexity index is 214. The first-order chi connectivity index (χ1) is 5.57. The van der Waals surface area contributed by atoms with Crippen LogP contribution in [-0.4, -0.2) is 13.1 Å². The highest BCUT2D eigenvalue weighted by molar-refractivity contribution is 5.76. The Kier molecular flexibility index (Phi) is 2.55. The quantitative estimate of drug-likeness (QED) is 0.465. The van der Waals surface area contributed by atoms with Crippen molar-refractivity contribution >= 4 is 5.97 Å². The lowest BCUT2D eigenvalue weighted by molar-refractivity contribution is -0.142. The van der Waals surface area contributed by atoms with Gasteiger partial charge in [0.1, 0.15) is 0 Å². The smallest absolute Gasteiger partial charge is 0.309 e. The van der Waals surface area contributed by atoms with Gasteiger partial charge in [-0.25, -0.2) is 0 Å². The zero-order chi connectivity index (χ0) is 9.30. The Labute approximate surface area is 73.6 Å². The minimum Gasteiger partial charge on any atom is -0.469 e. The van der Waals surface area contributed by atoms with E-state index in [1.165, 1.54) is 12.7 Å². The number of carbonyl (C=O) groups is 1. The summed E-state index contributed by atoms with van der Waals surface area (Å²) in [6.45, 7) is 6.20. The van der Waals surface area contributed by atoms with Crippen molar-refractivity contribution in [2.24, 2.45) is 17.8 Å². The van der Waals surface area contributed by atoms with Crippen molar-refractivity contribution < 1.29 is 9.53 Å². The van der Waals surface area contributed by atoms with Gasteiger partial charge in [0.05, 0.1) is 13.0 Å². The number of allylic oxidation sites excluding steroid dienone is 2. The standard InChI is InChI=1S/C10H16O2/c1-6(2)5-8-7(3)9(8)10(11)12-4/h5,7-9H,1-4H3/t7?,8-,9-/m0/s1. The molecule has 0 radical (unpaired) electrons. The summed E-state index contributed by atoms with van der Waals surface area (Å²) in [5, 5.41) is 0. The zero-order valence-corrected chi connectivity index (χ0v) is 8.13. The minimum atomic E-state index is -0.0648. The second kappa shape index (κ2) is 3.30. The highest BCUT2D eigenvalue weighted by Gasteiger charge is 2.50. The molecule has 0 amide bonds. The van der Waals surface area contributed by atoms with E-state index in [9.17, 15) is 4.79 Å². The summed E-state index contributed by atoms with van der Waals surface area (Å²) in [7, 11) is 1.45. The number of carbonyl (C=O) groups excluding carboxylic acids is 1. The number of rotatable bonds is 2. The number of esters is 1. The summed E-state index contributed by atoms with van der Waals surface area (Å²) >= 11 is 0. The molecule has 0 aliphatic heterocycles. The molecule has 2 heteroatoms. The molecule has 0 bridgehead atoms. The lowest BCUT2D eigenvalue weighted by Gasteiger charge is -1.94. The van der Waals surface area contributed by atoms with E-state index in [0.29, 0.717) is 11.8 Å². The molecule has 0 aromatic carbocycles. The summed E-state index contributed by atoms with van der Waals surface area (Å²) in [6.07, 6.45) is 2.16. The molecule has 1 aliphatic rings. The van der Waals surface area contributed by atoms with Crippen LogP contribution in [0.1, 0.15) is 20.8 Å². The SMILES string of the molecule is COC(=O)[C@H]1C(C)[C@@H]1C=C(C)C. The fraction of sp³-hybridized carbons (Fsp3) is 0.700. The van der Waals surface area contributed by atoms with Gasteiger partial charge in [0.25, 0.3) is 0 Å². The molecule has 0 saturated heterocycles. The number of methoxy groups -OCH3 is 1.